The summed E-state index contributed by atoms with van der Waals surface area (Å²) >= 11 is 0. The highest BCUT2D eigenvalue weighted by Crippen LogP contribution is 2.23. The lowest BCUT2D eigenvalue weighted by atomic mass is 9.87. The second kappa shape index (κ2) is 9.82. The van der Waals surface area contributed by atoms with Gasteiger partial charge >= 0.3 is 5.97 Å². The maximum absolute atomic E-state index is 12.5. The highest BCUT2D eigenvalue weighted by molar-refractivity contribution is 5.99. The molecule has 0 aromatic heterocycles. The van der Waals surface area contributed by atoms with Crippen LogP contribution in [-0.2, 0) is 19.7 Å². The van der Waals surface area contributed by atoms with Crippen molar-refractivity contribution in [1.82, 2.24) is 10.4 Å². The average molecular weight is 467 g/mol. The van der Waals surface area contributed by atoms with Gasteiger partial charge in [0.2, 0.25) is 5.91 Å². The van der Waals surface area contributed by atoms with Gasteiger partial charge in [0, 0.05) is 29.7 Å². The van der Waals surface area contributed by atoms with Gasteiger partial charge in [0.15, 0.2) is 12.4 Å². The van der Waals surface area contributed by atoms with E-state index in [1.165, 1.54) is 24.3 Å². The molecule has 0 saturated carbocycles. The quantitative estimate of drug-likeness (QED) is 0.286. The summed E-state index contributed by atoms with van der Waals surface area (Å²) in [4.78, 5) is 59.4. The minimum Gasteiger partial charge on any atom is -0.457 e. The third kappa shape index (κ3) is 5.83. The van der Waals surface area contributed by atoms with E-state index in [2.05, 4.69) is 26.2 Å². The second-order valence-corrected chi connectivity index (χ2v) is 9.01. The Balaban J connectivity index is 1.52. The minimum atomic E-state index is -0.833. The molecular weight excluding hydrogens is 442 g/mol. The van der Waals surface area contributed by atoms with E-state index in [9.17, 15) is 29.3 Å². The molecule has 10 nitrogen and oxygen atoms in total. The van der Waals surface area contributed by atoms with Crippen molar-refractivity contribution in [2.24, 2.45) is 5.92 Å². The monoisotopic (exact) mass is 467 g/mol. The number of hydrazine groups is 1. The van der Waals surface area contributed by atoms with Crippen molar-refractivity contribution in [1.29, 1.82) is 0 Å². The maximum Gasteiger partial charge on any atom is 0.311 e. The van der Waals surface area contributed by atoms with Gasteiger partial charge in [0.1, 0.15) is 0 Å². The lowest BCUT2D eigenvalue weighted by Gasteiger charge is -2.20. The molecule has 0 bridgehead atoms. The molecule has 34 heavy (non-hydrogen) atoms. The summed E-state index contributed by atoms with van der Waals surface area (Å²) in [6.07, 6.45) is -0.159. The molecule has 0 aliphatic carbocycles. The number of carbonyl (C=O) groups excluding carboxylic acids is 4. The predicted octanol–water partition coefficient (Wildman–Crippen LogP) is 2.81. The molecule has 3 rings (SSSR count). The number of rotatable bonds is 7. The zero-order valence-electron chi connectivity index (χ0n) is 19.1. The summed E-state index contributed by atoms with van der Waals surface area (Å²) in [6.45, 7) is 5.54. The van der Waals surface area contributed by atoms with E-state index in [1.54, 1.807) is 12.1 Å². The van der Waals surface area contributed by atoms with Crippen LogP contribution in [0.15, 0.2) is 48.5 Å². The Labute approximate surface area is 196 Å². The van der Waals surface area contributed by atoms with E-state index in [1.807, 2.05) is 12.1 Å². The molecule has 1 aliphatic rings. The molecule has 178 valence electrons. The molecule has 2 aromatic rings. The number of Topliss-reactive ketones (excluding diaryl/α,β-unsaturated/α-hetero) is 1. The fourth-order valence-corrected chi connectivity index (χ4v) is 3.39. The summed E-state index contributed by atoms with van der Waals surface area (Å²) in [5.74, 6) is -3.02. The highest BCUT2D eigenvalue weighted by atomic mass is 16.6. The molecule has 1 atom stereocenters. The van der Waals surface area contributed by atoms with Crippen LogP contribution in [0.2, 0.25) is 0 Å². The van der Waals surface area contributed by atoms with Crippen molar-refractivity contribution < 1.29 is 28.8 Å². The first-order valence-corrected chi connectivity index (χ1v) is 10.6. The van der Waals surface area contributed by atoms with Crippen LogP contribution >= 0.6 is 0 Å². The lowest BCUT2D eigenvalue weighted by Crippen LogP contribution is -2.43. The van der Waals surface area contributed by atoms with Crippen LogP contribution in [0.4, 0.5) is 5.69 Å². The molecule has 2 amide bonds. The molecule has 1 fully saturated rings. The predicted molar refractivity (Wildman–Crippen MR) is 121 cm³/mol. The van der Waals surface area contributed by atoms with Gasteiger partial charge in [0.05, 0.1) is 17.4 Å². The maximum atomic E-state index is 12.5. The zero-order chi connectivity index (χ0) is 25.0. The summed E-state index contributed by atoms with van der Waals surface area (Å²) in [6, 6.07) is 12.0. The number of nitrogens with zero attached hydrogens (tertiary/aromatic N) is 2. The van der Waals surface area contributed by atoms with E-state index in [0.29, 0.717) is 5.56 Å². The van der Waals surface area contributed by atoms with Gasteiger partial charge < -0.3 is 4.74 Å². The minimum absolute atomic E-state index is 0.0621. The Morgan fingerprint density at radius 2 is 1.65 bits per heavy atom. The molecule has 1 saturated heterocycles. The van der Waals surface area contributed by atoms with Crippen molar-refractivity contribution in [3.63, 3.8) is 0 Å². The molecule has 2 aromatic carbocycles. The largest absolute Gasteiger partial charge is 0.457 e. The van der Waals surface area contributed by atoms with Crippen LogP contribution in [-0.4, -0.2) is 46.7 Å². The van der Waals surface area contributed by atoms with Crippen molar-refractivity contribution in [3.05, 3.63) is 75.3 Å². The Bertz CT molecular complexity index is 1120. The number of ether oxygens (including phenoxy) is 1. The molecule has 10 heteroatoms. The second-order valence-electron chi connectivity index (χ2n) is 9.01. The van der Waals surface area contributed by atoms with E-state index in [0.717, 1.165) is 10.6 Å². The van der Waals surface area contributed by atoms with Gasteiger partial charge in [-0.3, -0.25) is 39.7 Å². The number of amides is 2. The Hall–Kier alpha value is -4.08. The standard InChI is InChI=1S/C24H25N3O7/c1-24(2,3)18-8-4-16(5-9-18)22(30)25-26-13-17(12-21(26)29)23(31)34-14-20(28)15-6-10-19(11-7-15)27(32)33/h4-11,17H,12-14H2,1-3H3,(H,25,30). The highest BCUT2D eigenvalue weighted by Gasteiger charge is 2.36. The van der Waals surface area contributed by atoms with Gasteiger partial charge in [-0.05, 0) is 35.2 Å². The number of nitro benzene ring substituents is 1. The van der Waals surface area contributed by atoms with Gasteiger partial charge in [-0.1, -0.05) is 32.9 Å². The van der Waals surface area contributed by atoms with Crippen LogP contribution < -0.4 is 5.43 Å². The van der Waals surface area contributed by atoms with Crippen molar-refractivity contribution >= 4 is 29.3 Å². The smallest absolute Gasteiger partial charge is 0.311 e. The van der Waals surface area contributed by atoms with Crippen molar-refractivity contribution in [3.8, 4) is 0 Å². The number of nitrogens with one attached hydrogen (secondary N) is 1. The fraction of sp³-hybridized carbons (Fsp3) is 0.333. The first kappa shape index (κ1) is 24.6. The molecule has 1 aliphatic heterocycles. The summed E-state index contributed by atoms with van der Waals surface area (Å²) in [7, 11) is 0. The number of carbonyl (C=O) groups is 4. The van der Waals surface area contributed by atoms with Crippen LogP contribution in [0.25, 0.3) is 0 Å². The molecular formula is C24H25N3O7. The molecule has 1 unspecified atom stereocenters. The van der Waals surface area contributed by atoms with Crippen LogP contribution in [0.1, 0.15) is 53.5 Å². The topological polar surface area (TPSA) is 136 Å². The summed E-state index contributed by atoms with van der Waals surface area (Å²) in [5, 5.41) is 11.8. The third-order valence-corrected chi connectivity index (χ3v) is 5.45. The number of nitro groups is 1. The first-order valence-electron chi connectivity index (χ1n) is 10.6. The fourth-order valence-electron chi connectivity index (χ4n) is 3.39. The molecule has 0 spiro atoms. The van der Waals surface area contributed by atoms with E-state index in [-0.39, 0.29) is 29.6 Å². The summed E-state index contributed by atoms with van der Waals surface area (Å²) < 4.78 is 5.04. The molecule has 0 radical (unpaired) electrons. The van der Waals surface area contributed by atoms with E-state index >= 15 is 0 Å². The lowest BCUT2D eigenvalue weighted by molar-refractivity contribution is -0.384. The molecule has 1 N–H and O–H groups in total. The van der Waals surface area contributed by atoms with Gasteiger partial charge in [-0.25, -0.2) is 0 Å². The number of hydrogen-bond acceptors (Lipinski definition) is 7. The van der Waals surface area contributed by atoms with Crippen molar-refractivity contribution in [2.45, 2.75) is 32.6 Å². The van der Waals surface area contributed by atoms with Crippen LogP contribution in [0.5, 0.6) is 0 Å². The SMILES string of the molecule is CC(C)(C)c1ccc(C(=O)NN2CC(C(=O)OCC(=O)c3ccc([N+](=O)[O-])cc3)CC2=O)cc1. The number of hydrogen-bond donors (Lipinski definition) is 1. The third-order valence-electron chi connectivity index (χ3n) is 5.45. The number of esters is 1. The average Bonchev–Trinajstić information content (AvgIpc) is 3.16. The number of non-ortho nitro benzene ring substituents is 1. The number of ketones is 1. The Kier molecular flexibility index (Phi) is 7.09. The summed E-state index contributed by atoms with van der Waals surface area (Å²) in [5.41, 5.74) is 3.88. The van der Waals surface area contributed by atoms with Crippen LogP contribution in [0.3, 0.4) is 0 Å². The molecule has 1 heterocycles. The van der Waals surface area contributed by atoms with Crippen LogP contribution in [0, 0.1) is 16.0 Å². The van der Waals surface area contributed by atoms with Crippen molar-refractivity contribution in [2.75, 3.05) is 13.2 Å². The Morgan fingerprint density at radius 3 is 2.21 bits per heavy atom. The van der Waals surface area contributed by atoms with Gasteiger partial charge in [0.25, 0.3) is 11.6 Å². The van der Waals surface area contributed by atoms with Gasteiger partial charge in [-0.15, -0.1) is 0 Å². The normalized spacial score (nSPS) is 15.7. The zero-order valence-corrected chi connectivity index (χ0v) is 19.1. The first-order chi connectivity index (χ1) is 16.0. The van der Waals surface area contributed by atoms with E-state index in [4.69, 9.17) is 4.74 Å². The Morgan fingerprint density at radius 1 is 1.06 bits per heavy atom. The number of benzene rings is 2. The van der Waals surface area contributed by atoms with E-state index < -0.39 is 41.0 Å². The van der Waals surface area contributed by atoms with Gasteiger partial charge in [-0.2, -0.15) is 0 Å².